The average molecular weight is 209 g/mol. The van der Waals surface area contributed by atoms with Crippen molar-refractivity contribution < 1.29 is 9.47 Å². The van der Waals surface area contributed by atoms with Crippen LogP contribution < -0.4 is 10.1 Å². The van der Waals surface area contributed by atoms with Gasteiger partial charge < -0.3 is 14.8 Å². The normalized spacial score (nSPS) is 12.5. The van der Waals surface area contributed by atoms with Gasteiger partial charge in [-0.05, 0) is 37.2 Å². The van der Waals surface area contributed by atoms with Gasteiger partial charge in [0, 0.05) is 7.11 Å². The van der Waals surface area contributed by atoms with Gasteiger partial charge in [-0.15, -0.1) is 0 Å². The lowest BCUT2D eigenvalue weighted by molar-refractivity contribution is 0.170. The summed E-state index contributed by atoms with van der Waals surface area (Å²) in [4.78, 5) is 0. The Bertz CT molecular complexity index is 312. The molecule has 0 aliphatic carbocycles. The molecule has 1 unspecified atom stereocenters. The summed E-state index contributed by atoms with van der Waals surface area (Å²) in [5, 5.41) is 3.23. The van der Waals surface area contributed by atoms with Crippen LogP contribution in [-0.2, 0) is 4.74 Å². The number of benzene rings is 1. The molecule has 0 spiro atoms. The summed E-state index contributed by atoms with van der Waals surface area (Å²) in [5.74, 6) is 0.892. The Morgan fingerprint density at radius 1 is 1.33 bits per heavy atom. The van der Waals surface area contributed by atoms with E-state index in [1.165, 1.54) is 11.1 Å². The van der Waals surface area contributed by atoms with Crippen molar-refractivity contribution in [1.29, 1.82) is 0 Å². The summed E-state index contributed by atoms with van der Waals surface area (Å²) in [5.41, 5.74) is 2.46. The largest absolute Gasteiger partial charge is 0.497 e. The average Bonchev–Trinajstić information content (AvgIpc) is 2.26. The highest BCUT2D eigenvalue weighted by atomic mass is 16.5. The molecule has 0 radical (unpaired) electrons. The summed E-state index contributed by atoms with van der Waals surface area (Å²) in [6.07, 6.45) is 0. The second kappa shape index (κ2) is 5.73. The minimum Gasteiger partial charge on any atom is -0.497 e. The number of methoxy groups -OCH3 is 2. The molecule has 15 heavy (non-hydrogen) atoms. The molecule has 1 rings (SSSR count). The smallest absolute Gasteiger partial charge is 0.119 e. The quantitative estimate of drug-likeness (QED) is 0.803. The zero-order chi connectivity index (χ0) is 11.3. The molecule has 1 atom stereocenters. The molecule has 0 saturated carbocycles. The zero-order valence-corrected chi connectivity index (χ0v) is 9.83. The minimum absolute atomic E-state index is 0.237. The van der Waals surface area contributed by atoms with Crippen LogP contribution in [0.25, 0.3) is 0 Å². The van der Waals surface area contributed by atoms with Crippen molar-refractivity contribution in [3.05, 3.63) is 29.3 Å². The Kier molecular flexibility index (Phi) is 4.59. The maximum atomic E-state index is 5.17. The zero-order valence-electron chi connectivity index (χ0n) is 9.83. The molecule has 1 N–H and O–H groups in total. The van der Waals surface area contributed by atoms with Gasteiger partial charge in [-0.1, -0.05) is 6.07 Å². The lowest BCUT2D eigenvalue weighted by Gasteiger charge is -2.18. The van der Waals surface area contributed by atoms with Crippen molar-refractivity contribution >= 4 is 0 Å². The predicted molar refractivity (Wildman–Crippen MR) is 61.4 cm³/mol. The Morgan fingerprint density at radius 2 is 2.07 bits per heavy atom. The molecular weight excluding hydrogens is 190 g/mol. The SMILES string of the molecule is CNC(COC)c1ccc(OC)cc1C. The van der Waals surface area contributed by atoms with Gasteiger partial charge in [0.05, 0.1) is 19.8 Å². The van der Waals surface area contributed by atoms with Crippen LogP contribution in [0.1, 0.15) is 17.2 Å². The molecule has 3 heteroatoms. The highest BCUT2D eigenvalue weighted by molar-refractivity contribution is 5.36. The number of aryl methyl sites for hydroxylation is 1. The fourth-order valence-corrected chi connectivity index (χ4v) is 1.66. The maximum absolute atomic E-state index is 5.17. The molecule has 0 aromatic heterocycles. The Hall–Kier alpha value is -1.06. The number of hydrogen-bond donors (Lipinski definition) is 1. The van der Waals surface area contributed by atoms with Gasteiger partial charge in [0.15, 0.2) is 0 Å². The monoisotopic (exact) mass is 209 g/mol. The Balaban J connectivity index is 2.92. The van der Waals surface area contributed by atoms with Crippen molar-refractivity contribution in [2.75, 3.05) is 27.9 Å². The third kappa shape index (κ3) is 2.94. The Morgan fingerprint density at radius 3 is 2.53 bits per heavy atom. The Labute approximate surface area is 91.4 Å². The molecule has 84 valence electrons. The predicted octanol–water partition coefficient (Wildman–Crippen LogP) is 1.91. The summed E-state index contributed by atoms with van der Waals surface area (Å²) >= 11 is 0. The molecule has 0 aliphatic rings. The topological polar surface area (TPSA) is 30.5 Å². The number of ether oxygens (including phenoxy) is 2. The van der Waals surface area contributed by atoms with Crippen molar-refractivity contribution in [2.45, 2.75) is 13.0 Å². The van der Waals surface area contributed by atoms with E-state index in [4.69, 9.17) is 9.47 Å². The second-order valence-corrected chi connectivity index (χ2v) is 3.52. The molecule has 0 aliphatic heterocycles. The van der Waals surface area contributed by atoms with Crippen molar-refractivity contribution in [3.63, 3.8) is 0 Å². The molecule has 0 amide bonds. The third-order valence-corrected chi connectivity index (χ3v) is 2.53. The van der Waals surface area contributed by atoms with Gasteiger partial charge >= 0.3 is 0 Å². The van der Waals surface area contributed by atoms with Crippen LogP contribution in [0.15, 0.2) is 18.2 Å². The molecule has 0 heterocycles. The van der Waals surface area contributed by atoms with Crippen LogP contribution in [0.4, 0.5) is 0 Å². The van der Waals surface area contributed by atoms with E-state index < -0.39 is 0 Å². The summed E-state index contributed by atoms with van der Waals surface area (Å²) in [6.45, 7) is 2.75. The standard InChI is InChI=1S/C12H19NO2/c1-9-7-10(15-4)5-6-11(9)12(13-2)8-14-3/h5-7,12-13H,8H2,1-4H3. The van der Waals surface area contributed by atoms with E-state index in [0.29, 0.717) is 6.61 Å². The molecule has 0 saturated heterocycles. The lowest BCUT2D eigenvalue weighted by Crippen LogP contribution is -2.21. The van der Waals surface area contributed by atoms with E-state index >= 15 is 0 Å². The van der Waals surface area contributed by atoms with E-state index in [0.717, 1.165) is 5.75 Å². The fraction of sp³-hybridized carbons (Fsp3) is 0.500. The number of nitrogens with one attached hydrogen (secondary N) is 1. The summed E-state index contributed by atoms with van der Waals surface area (Å²) < 4.78 is 10.3. The maximum Gasteiger partial charge on any atom is 0.119 e. The summed E-state index contributed by atoms with van der Waals surface area (Å²) in [7, 11) is 5.33. The van der Waals surface area contributed by atoms with Crippen LogP contribution in [0, 0.1) is 6.92 Å². The first-order valence-electron chi connectivity index (χ1n) is 5.03. The van der Waals surface area contributed by atoms with E-state index in [-0.39, 0.29) is 6.04 Å². The first kappa shape index (κ1) is 12.0. The molecule has 1 aromatic carbocycles. The van der Waals surface area contributed by atoms with Gasteiger partial charge in [0.1, 0.15) is 5.75 Å². The van der Waals surface area contributed by atoms with Crippen LogP contribution in [0.2, 0.25) is 0 Å². The van der Waals surface area contributed by atoms with E-state index in [9.17, 15) is 0 Å². The third-order valence-electron chi connectivity index (χ3n) is 2.53. The summed E-state index contributed by atoms with van der Waals surface area (Å²) in [6, 6.07) is 6.33. The molecule has 0 fully saturated rings. The number of likely N-dealkylation sites (N-methyl/N-ethyl adjacent to an activating group) is 1. The van der Waals surface area contributed by atoms with E-state index in [1.807, 2.05) is 19.2 Å². The van der Waals surface area contributed by atoms with Crippen molar-refractivity contribution in [1.82, 2.24) is 5.32 Å². The highest BCUT2D eigenvalue weighted by Crippen LogP contribution is 2.22. The van der Waals surface area contributed by atoms with Gasteiger partial charge in [-0.3, -0.25) is 0 Å². The molecule has 3 nitrogen and oxygen atoms in total. The van der Waals surface area contributed by atoms with Gasteiger partial charge in [-0.2, -0.15) is 0 Å². The van der Waals surface area contributed by atoms with E-state index in [1.54, 1.807) is 14.2 Å². The van der Waals surface area contributed by atoms with E-state index in [2.05, 4.69) is 18.3 Å². The van der Waals surface area contributed by atoms with Crippen LogP contribution >= 0.6 is 0 Å². The lowest BCUT2D eigenvalue weighted by atomic mass is 10.0. The fourth-order valence-electron chi connectivity index (χ4n) is 1.66. The first-order chi connectivity index (χ1) is 7.22. The van der Waals surface area contributed by atoms with Crippen molar-refractivity contribution in [3.8, 4) is 5.75 Å². The molecule has 1 aromatic rings. The first-order valence-corrected chi connectivity index (χ1v) is 5.03. The number of hydrogen-bond acceptors (Lipinski definition) is 3. The van der Waals surface area contributed by atoms with Crippen LogP contribution in [0.3, 0.4) is 0 Å². The van der Waals surface area contributed by atoms with Gasteiger partial charge in [0.25, 0.3) is 0 Å². The number of rotatable bonds is 5. The van der Waals surface area contributed by atoms with Crippen molar-refractivity contribution in [2.24, 2.45) is 0 Å². The van der Waals surface area contributed by atoms with Gasteiger partial charge in [-0.25, -0.2) is 0 Å². The van der Waals surface area contributed by atoms with Gasteiger partial charge in [0.2, 0.25) is 0 Å². The highest BCUT2D eigenvalue weighted by Gasteiger charge is 2.11. The minimum atomic E-state index is 0.237. The van der Waals surface area contributed by atoms with Crippen LogP contribution in [0.5, 0.6) is 5.75 Å². The van der Waals surface area contributed by atoms with Crippen LogP contribution in [-0.4, -0.2) is 27.9 Å². The molecular formula is C12H19NO2. The molecule has 0 bridgehead atoms. The second-order valence-electron chi connectivity index (χ2n) is 3.52.